The van der Waals surface area contributed by atoms with Gasteiger partial charge in [0.15, 0.2) is 0 Å². The van der Waals surface area contributed by atoms with Crippen LogP contribution in [0, 0.1) is 6.92 Å². The second-order valence-corrected chi connectivity index (χ2v) is 8.64. The zero-order chi connectivity index (χ0) is 19.7. The molecule has 1 aromatic heterocycles. The number of hydrogen-bond donors (Lipinski definition) is 1. The average molecular weight is 410 g/mol. The number of thioether (sulfide) groups is 2. The minimum absolute atomic E-state index is 0.0680. The quantitative estimate of drug-likeness (QED) is 0.560. The standard InChI is InChI=1S/C22H19NO3S2/c1-13-11-18(24)21(22(25)26-13)17-12-20(14-7-9-15(27-2)10-8-14)28-19-6-4-3-5-16(19)23-17/h3-11,20,24H,12H2,1-2H3. The van der Waals surface area contributed by atoms with Gasteiger partial charge in [0.05, 0.1) is 11.4 Å². The Hall–Kier alpha value is -2.44. The van der Waals surface area contributed by atoms with Crippen molar-refractivity contribution in [2.45, 2.75) is 28.4 Å². The van der Waals surface area contributed by atoms with Crippen LogP contribution < -0.4 is 5.63 Å². The Morgan fingerprint density at radius 2 is 1.93 bits per heavy atom. The van der Waals surface area contributed by atoms with Gasteiger partial charge in [0.25, 0.3) is 0 Å². The Kier molecular flexibility index (Phi) is 5.33. The Bertz CT molecular complexity index is 1100. The average Bonchev–Trinajstić information content (AvgIpc) is 2.87. The molecule has 0 fully saturated rings. The van der Waals surface area contributed by atoms with Crippen LogP contribution >= 0.6 is 23.5 Å². The minimum Gasteiger partial charge on any atom is -0.507 e. The van der Waals surface area contributed by atoms with Crippen molar-refractivity contribution in [3.8, 4) is 5.75 Å². The smallest absolute Gasteiger partial charge is 0.348 e. The van der Waals surface area contributed by atoms with Crippen LogP contribution in [0.2, 0.25) is 0 Å². The van der Waals surface area contributed by atoms with E-state index in [1.807, 2.05) is 24.3 Å². The molecule has 0 saturated carbocycles. The van der Waals surface area contributed by atoms with Gasteiger partial charge < -0.3 is 9.52 Å². The minimum atomic E-state index is -0.558. The number of benzene rings is 2. The summed E-state index contributed by atoms with van der Waals surface area (Å²) in [5.74, 6) is 0.285. The van der Waals surface area contributed by atoms with E-state index in [-0.39, 0.29) is 16.6 Å². The van der Waals surface area contributed by atoms with E-state index < -0.39 is 5.63 Å². The van der Waals surface area contributed by atoms with E-state index in [1.165, 1.54) is 11.0 Å². The molecule has 2 aromatic carbocycles. The van der Waals surface area contributed by atoms with E-state index in [1.54, 1.807) is 30.4 Å². The summed E-state index contributed by atoms with van der Waals surface area (Å²) in [5, 5.41) is 10.5. The van der Waals surface area contributed by atoms with Crippen molar-refractivity contribution >= 4 is 34.9 Å². The summed E-state index contributed by atoms with van der Waals surface area (Å²) < 4.78 is 5.24. The molecular weight excluding hydrogens is 390 g/mol. The van der Waals surface area contributed by atoms with Gasteiger partial charge in [-0.2, -0.15) is 0 Å². The number of aromatic hydroxyl groups is 1. The molecule has 1 aliphatic heterocycles. The van der Waals surface area contributed by atoms with Crippen molar-refractivity contribution in [2.24, 2.45) is 4.99 Å². The maximum atomic E-state index is 12.5. The molecule has 1 unspecified atom stereocenters. The van der Waals surface area contributed by atoms with Crippen LogP contribution in [0.5, 0.6) is 5.75 Å². The van der Waals surface area contributed by atoms with Gasteiger partial charge in [0.2, 0.25) is 0 Å². The Morgan fingerprint density at radius 1 is 1.18 bits per heavy atom. The van der Waals surface area contributed by atoms with Crippen molar-refractivity contribution in [1.82, 2.24) is 0 Å². The number of rotatable bonds is 3. The second kappa shape index (κ2) is 7.89. The Balaban J connectivity index is 1.83. The summed E-state index contributed by atoms with van der Waals surface area (Å²) in [6, 6.07) is 17.8. The summed E-state index contributed by atoms with van der Waals surface area (Å²) in [7, 11) is 0. The molecule has 1 N–H and O–H groups in total. The van der Waals surface area contributed by atoms with Crippen molar-refractivity contribution in [2.75, 3.05) is 6.26 Å². The molecule has 0 radical (unpaired) electrons. The lowest BCUT2D eigenvalue weighted by Gasteiger charge is -2.16. The number of aryl methyl sites for hydroxylation is 1. The fourth-order valence-electron chi connectivity index (χ4n) is 3.23. The summed E-state index contributed by atoms with van der Waals surface area (Å²) in [4.78, 5) is 19.5. The number of fused-ring (bicyclic) bond motifs is 1. The van der Waals surface area contributed by atoms with Gasteiger partial charge in [-0.1, -0.05) is 24.3 Å². The second-order valence-electron chi connectivity index (χ2n) is 6.51. The normalized spacial score (nSPS) is 16.2. The van der Waals surface area contributed by atoms with Crippen LogP contribution in [0.1, 0.15) is 28.6 Å². The molecule has 0 saturated heterocycles. The van der Waals surface area contributed by atoms with Crippen molar-refractivity contribution in [3.63, 3.8) is 0 Å². The molecule has 0 spiro atoms. The monoisotopic (exact) mass is 409 g/mol. The highest BCUT2D eigenvalue weighted by Crippen LogP contribution is 2.45. The summed E-state index contributed by atoms with van der Waals surface area (Å²) >= 11 is 3.42. The highest BCUT2D eigenvalue weighted by Gasteiger charge is 2.26. The first-order chi connectivity index (χ1) is 13.5. The molecule has 0 amide bonds. The Morgan fingerprint density at radius 3 is 2.64 bits per heavy atom. The Labute approximate surface area is 171 Å². The lowest BCUT2D eigenvalue weighted by atomic mass is 10.0. The molecule has 1 atom stereocenters. The maximum absolute atomic E-state index is 12.5. The van der Waals surface area contributed by atoms with Gasteiger partial charge in [-0.3, -0.25) is 4.99 Å². The fourth-order valence-corrected chi connectivity index (χ4v) is 4.88. The molecule has 28 heavy (non-hydrogen) atoms. The molecule has 4 nitrogen and oxygen atoms in total. The zero-order valence-corrected chi connectivity index (χ0v) is 17.1. The van der Waals surface area contributed by atoms with Gasteiger partial charge in [-0.25, -0.2) is 4.79 Å². The topological polar surface area (TPSA) is 62.8 Å². The van der Waals surface area contributed by atoms with Crippen LogP contribution in [-0.2, 0) is 0 Å². The third-order valence-corrected chi connectivity index (χ3v) is 6.66. The number of hydrogen-bond acceptors (Lipinski definition) is 6. The number of aliphatic imine (C=N–C) groups is 1. The maximum Gasteiger partial charge on any atom is 0.348 e. The van der Waals surface area contributed by atoms with Crippen LogP contribution in [0.25, 0.3) is 0 Å². The highest BCUT2D eigenvalue weighted by molar-refractivity contribution is 7.99. The van der Waals surface area contributed by atoms with E-state index in [4.69, 9.17) is 9.41 Å². The highest BCUT2D eigenvalue weighted by atomic mass is 32.2. The van der Waals surface area contributed by atoms with E-state index in [9.17, 15) is 9.90 Å². The molecule has 3 aromatic rings. The van der Waals surface area contributed by atoms with E-state index in [2.05, 4.69) is 30.5 Å². The molecule has 0 aliphatic carbocycles. The number of nitrogens with zero attached hydrogens (tertiary/aromatic N) is 1. The van der Waals surface area contributed by atoms with Crippen LogP contribution in [0.4, 0.5) is 5.69 Å². The molecule has 0 bridgehead atoms. The largest absolute Gasteiger partial charge is 0.507 e. The number of para-hydroxylation sites is 1. The summed E-state index contributed by atoms with van der Waals surface area (Å²) in [6.07, 6.45) is 2.56. The van der Waals surface area contributed by atoms with Gasteiger partial charge in [-0.15, -0.1) is 23.5 Å². The van der Waals surface area contributed by atoms with Crippen LogP contribution in [-0.4, -0.2) is 17.1 Å². The molecule has 6 heteroatoms. The molecular formula is C22H19NO3S2. The zero-order valence-electron chi connectivity index (χ0n) is 15.5. The van der Waals surface area contributed by atoms with E-state index in [0.29, 0.717) is 17.9 Å². The van der Waals surface area contributed by atoms with Crippen molar-refractivity contribution in [1.29, 1.82) is 0 Å². The first kappa shape index (κ1) is 18.9. The first-order valence-electron chi connectivity index (χ1n) is 8.86. The molecule has 1 aliphatic rings. The fraction of sp³-hybridized carbons (Fsp3) is 0.182. The first-order valence-corrected chi connectivity index (χ1v) is 11.0. The summed E-state index contributed by atoms with van der Waals surface area (Å²) in [5.41, 5.74) is 2.08. The van der Waals surface area contributed by atoms with Gasteiger partial charge in [0, 0.05) is 27.5 Å². The molecule has 2 heterocycles. The SMILES string of the molecule is CSc1ccc(C2CC(c3c(O)cc(C)oc3=O)=Nc3ccccc3S2)cc1. The molecule has 4 rings (SSSR count). The molecule has 142 valence electrons. The van der Waals surface area contributed by atoms with E-state index in [0.717, 1.165) is 16.1 Å². The third kappa shape index (κ3) is 3.75. The third-order valence-electron chi connectivity index (χ3n) is 4.60. The lowest BCUT2D eigenvalue weighted by molar-refractivity contribution is 0.432. The van der Waals surface area contributed by atoms with Crippen molar-refractivity contribution < 1.29 is 9.52 Å². The van der Waals surface area contributed by atoms with Gasteiger partial charge in [0.1, 0.15) is 17.1 Å². The van der Waals surface area contributed by atoms with Gasteiger partial charge >= 0.3 is 5.63 Å². The van der Waals surface area contributed by atoms with Crippen LogP contribution in [0.3, 0.4) is 0 Å². The summed E-state index contributed by atoms with van der Waals surface area (Å²) in [6.45, 7) is 1.64. The lowest BCUT2D eigenvalue weighted by Crippen LogP contribution is -2.16. The van der Waals surface area contributed by atoms with Crippen LogP contribution in [0.15, 0.2) is 78.6 Å². The van der Waals surface area contributed by atoms with E-state index >= 15 is 0 Å². The predicted molar refractivity (Wildman–Crippen MR) is 115 cm³/mol. The van der Waals surface area contributed by atoms with Crippen molar-refractivity contribution in [3.05, 3.63) is 81.9 Å². The predicted octanol–water partition coefficient (Wildman–Crippen LogP) is 5.73. The van der Waals surface area contributed by atoms with Gasteiger partial charge in [-0.05, 0) is 43.0 Å².